The SMILES string of the molecule is COc1cccc(CNc2nccc(-c3cc(N4CCCCC4)c4cc(C)ccc4c3)n2)c1.COc1cccc(CNc2nccc(-c3cc(N4CCN(CCCO)CC4)c4cc(C)ccc4c3)n2)c1.OCCCBr. The molecule has 0 radical (unpaired) electrons. The van der Waals surface area contributed by atoms with Gasteiger partial charge in [0, 0.05) is 123 Å². The lowest BCUT2D eigenvalue weighted by Crippen LogP contribution is -2.46. The molecule has 0 atom stereocenters. The summed E-state index contributed by atoms with van der Waals surface area (Å²) in [6.45, 7) is 13.2. The summed E-state index contributed by atoms with van der Waals surface area (Å²) in [5.41, 5.74) is 11.4. The van der Waals surface area contributed by atoms with Gasteiger partial charge in [-0.05, 0) is 141 Å². The number of anilines is 4. The summed E-state index contributed by atoms with van der Waals surface area (Å²) >= 11 is 3.15. The maximum atomic E-state index is 9.19. The summed E-state index contributed by atoms with van der Waals surface area (Å²) in [5, 5.41) is 29.9. The van der Waals surface area contributed by atoms with Crippen molar-refractivity contribution in [2.45, 2.75) is 59.0 Å². The minimum Gasteiger partial charge on any atom is -0.497 e. The molecule has 2 aliphatic rings. The van der Waals surface area contributed by atoms with Crippen molar-refractivity contribution < 1.29 is 19.7 Å². The third kappa shape index (κ3) is 15.2. The fourth-order valence-corrected chi connectivity index (χ4v) is 9.81. The molecule has 8 aromatic rings. The molecule has 0 saturated carbocycles. The van der Waals surface area contributed by atoms with E-state index >= 15 is 0 Å². The molecule has 14 heteroatoms. The van der Waals surface area contributed by atoms with Crippen LogP contribution in [0.1, 0.15) is 54.4 Å². The number of piperidine rings is 1. The normalized spacial score (nSPS) is 13.6. The highest BCUT2D eigenvalue weighted by molar-refractivity contribution is 9.09. The molecule has 0 bridgehead atoms. The topological polar surface area (TPSA) is 144 Å². The summed E-state index contributed by atoms with van der Waals surface area (Å²) in [6, 6.07) is 42.4. The third-order valence-corrected chi connectivity index (χ3v) is 14.1. The molecule has 6 aromatic carbocycles. The number of hydrogen-bond donors (Lipinski definition) is 4. The average molecular weight is 1080 g/mol. The Labute approximate surface area is 451 Å². The smallest absolute Gasteiger partial charge is 0.223 e. The van der Waals surface area contributed by atoms with Gasteiger partial charge in [0.25, 0.3) is 0 Å². The molecule has 0 amide bonds. The predicted octanol–water partition coefficient (Wildman–Crippen LogP) is 11.7. The van der Waals surface area contributed by atoms with Gasteiger partial charge in [-0.2, -0.15) is 0 Å². The highest BCUT2D eigenvalue weighted by Gasteiger charge is 2.21. The zero-order valence-corrected chi connectivity index (χ0v) is 45.5. The molecule has 2 aromatic heterocycles. The number of hydrogen-bond acceptors (Lipinski definition) is 13. The van der Waals surface area contributed by atoms with Gasteiger partial charge < -0.3 is 40.1 Å². The number of fused-ring (bicyclic) bond motifs is 2. The second kappa shape index (κ2) is 27.6. The van der Waals surface area contributed by atoms with E-state index in [0.717, 1.165) is 109 Å². The molecule has 10 rings (SSSR count). The molecule has 13 nitrogen and oxygen atoms in total. The van der Waals surface area contributed by atoms with Gasteiger partial charge in [-0.25, -0.2) is 19.9 Å². The number of halogens is 1. The summed E-state index contributed by atoms with van der Waals surface area (Å²) in [4.78, 5) is 26.1. The Morgan fingerprint density at radius 2 is 1.04 bits per heavy atom. The number of ether oxygens (including phenoxy) is 2. The number of aliphatic hydroxyl groups excluding tert-OH is 2. The molecule has 2 aliphatic heterocycles. The van der Waals surface area contributed by atoms with Crippen LogP contribution in [0.15, 0.2) is 134 Å². The van der Waals surface area contributed by atoms with Crippen molar-refractivity contribution in [1.82, 2.24) is 24.8 Å². The number of alkyl halides is 1. The summed E-state index contributed by atoms with van der Waals surface area (Å²) in [7, 11) is 3.36. The molecule has 4 N–H and O–H groups in total. The van der Waals surface area contributed by atoms with Crippen LogP contribution >= 0.6 is 15.9 Å². The Morgan fingerprint density at radius 3 is 1.49 bits per heavy atom. The Kier molecular flexibility index (Phi) is 20.0. The van der Waals surface area contributed by atoms with Crippen molar-refractivity contribution in [3.63, 3.8) is 0 Å². The van der Waals surface area contributed by atoms with Gasteiger partial charge in [0.05, 0.1) is 25.6 Å². The number of methoxy groups -OCH3 is 2. The molecule has 0 unspecified atom stereocenters. The molecule has 75 heavy (non-hydrogen) atoms. The van der Waals surface area contributed by atoms with Gasteiger partial charge in [0.2, 0.25) is 11.9 Å². The first-order valence-corrected chi connectivity index (χ1v) is 27.4. The second-order valence-corrected chi connectivity index (χ2v) is 19.9. The van der Waals surface area contributed by atoms with Gasteiger partial charge in [-0.3, -0.25) is 4.90 Å². The average Bonchev–Trinajstić information content (AvgIpc) is 3.47. The Morgan fingerprint density at radius 1 is 0.547 bits per heavy atom. The quantitative estimate of drug-likeness (QED) is 0.0643. The van der Waals surface area contributed by atoms with Gasteiger partial charge in [0.1, 0.15) is 11.5 Å². The Balaban J connectivity index is 0.000000184. The largest absolute Gasteiger partial charge is 0.497 e. The van der Waals surface area contributed by atoms with E-state index in [1.54, 1.807) is 14.2 Å². The number of benzene rings is 6. The van der Waals surface area contributed by atoms with Crippen LogP contribution < -0.4 is 29.9 Å². The molecule has 0 aliphatic carbocycles. The zero-order chi connectivity index (χ0) is 52.4. The predicted molar refractivity (Wildman–Crippen MR) is 312 cm³/mol. The minimum atomic E-state index is 0.251. The van der Waals surface area contributed by atoms with Crippen molar-refractivity contribution in [3.05, 3.63) is 156 Å². The number of aryl methyl sites for hydroxylation is 2. The first-order valence-electron chi connectivity index (χ1n) is 26.2. The Bertz CT molecular complexity index is 3090. The van der Waals surface area contributed by atoms with Crippen molar-refractivity contribution in [2.75, 3.05) is 99.0 Å². The van der Waals surface area contributed by atoms with E-state index in [1.807, 2.05) is 60.9 Å². The summed E-state index contributed by atoms with van der Waals surface area (Å²) < 4.78 is 10.7. The van der Waals surface area contributed by atoms with E-state index in [0.29, 0.717) is 31.6 Å². The minimum absolute atomic E-state index is 0.251. The van der Waals surface area contributed by atoms with Gasteiger partial charge in [-0.1, -0.05) is 75.6 Å². The first kappa shape index (κ1) is 54.4. The summed E-state index contributed by atoms with van der Waals surface area (Å²) in [6.07, 6.45) is 9.17. The lowest BCUT2D eigenvalue weighted by atomic mass is 9.99. The van der Waals surface area contributed by atoms with Crippen LogP contribution in [0.2, 0.25) is 0 Å². The lowest BCUT2D eigenvalue weighted by molar-refractivity contribution is 0.216. The second-order valence-electron chi connectivity index (χ2n) is 19.1. The van der Waals surface area contributed by atoms with Gasteiger partial charge in [-0.15, -0.1) is 0 Å². The Hall–Kier alpha value is -6.84. The number of rotatable bonds is 17. The number of nitrogens with one attached hydrogen (secondary N) is 2. The number of aromatic nitrogens is 4. The van der Waals surface area contributed by atoms with Crippen molar-refractivity contribution in [2.24, 2.45) is 0 Å². The standard InChI is InChI=1S/C30H35N5O2.C28H30N4O.C3H7BrO/c1-22-7-8-24-19-25(20-29(27(24)17-22)35-14-12-34(13-15-35)11-4-16-36)28-9-10-31-30(33-28)32-21-23-5-3-6-26(18-23)37-2;1-20-9-10-22-17-23(18-27(25(22)15-20)32-13-4-3-5-14-32)26-11-12-29-28(31-26)30-19-21-7-6-8-24(16-21)33-2;4-2-1-3-5/h3,5-10,17-20,36H,4,11-16,21H2,1-2H3,(H,31,32,33);6-12,15-18H,3-5,13-14,19H2,1-2H3,(H,29,30,31);5H,1-3H2. The molecule has 2 saturated heterocycles. The van der Waals surface area contributed by atoms with Crippen LogP contribution in [0.4, 0.5) is 23.3 Å². The molecular formula is C61H72BrN9O4. The maximum absolute atomic E-state index is 9.19. The van der Waals surface area contributed by atoms with E-state index in [1.165, 1.54) is 63.3 Å². The van der Waals surface area contributed by atoms with Crippen molar-refractivity contribution in [3.8, 4) is 34.0 Å². The molecule has 392 valence electrons. The van der Waals surface area contributed by atoms with E-state index in [9.17, 15) is 5.11 Å². The van der Waals surface area contributed by atoms with E-state index in [2.05, 4.69) is 138 Å². The lowest BCUT2D eigenvalue weighted by Gasteiger charge is -2.36. The maximum Gasteiger partial charge on any atom is 0.223 e. The fourth-order valence-electron chi connectivity index (χ4n) is 9.56. The first-order chi connectivity index (χ1) is 36.7. The van der Waals surface area contributed by atoms with Crippen LogP contribution in [0.25, 0.3) is 44.1 Å². The molecular weight excluding hydrogens is 1000 g/mol. The van der Waals surface area contributed by atoms with Crippen LogP contribution in [0.3, 0.4) is 0 Å². The molecule has 2 fully saturated rings. The fraction of sp³-hybridized carbons (Fsp3) is 0.344. The number of aliphatic hydroxyl groups is 2. The number of nitrogens with zero attached hydrogens (tertiary/aromatic N) is 7. The highest BCUT2D eigenvalue weighted by atomic mass is 79.9. The molecule has 0 spiro atoms. The van der Waals surface area contributed by atoms with Crippen LogP contribution in [0, 0.1) is 13.8 Å². The summed E-state index contributed by atoms with van der Waals surface area (Å²) in [5.74, 6) is 2.91. The van der Waals surface area contributed by atoms with Crippen LogP contribution in [-0.2, 0) is 13.1 Å². The third-order valence-electron chi connectivity index (χ3n) is 13.6. The van der Waals surface area contributed by atoms with E-state index < -0.39 is 0 Å². The molecule has 4 heterocycles. The van der Waals surface area contributed by atoms with Crippen molar-refractivity contribution >= 4 is 60.7 Å². The van der Waals surface area contributed by atoms with Crippen molar-refractivity contribution in [1.29, 1.82) is 0 Å². The number of piperazine rings is 1. The van der Waals surface area contributed by atoms with Crippen LogP contribution in [0.5, 0.6) is 11.5 Å². The van der Waals surface area contributed by atoms with E-state index in [-0.39, 0.29) is 6.61 Å². The zero-order valence-electron chi connectivity index (χ0n) is 43.9. The monoisotopic (exact) mass is 1070 g/mol. The van der Waals surface area contributed by atoms with E-state index in [4.69, 9.17) is 24.5 Å². The van der Waals surface area contributed by atoms with Crippen LogP contribution in [-0.4, -0.2) is 114 Å². The highest BCUT2D eigenvalue weighted by Crippen LogP contribution is 2.36. The van der Waals surface area contributed by atoms with Gasteiger partial charge >= 0.3 is 0 Å². The van der Waals surface area contributed by atoms with Gasteiger partial charge in [0.15, 0.2) is 0 Å².